The van der Waals surface area contributed by atoms with E-state index in [0.29, 0.717) is 5.41 Å². The first-order valence-electron chi connectivity index (χ1n) is 5.37. The van der Waals surface area contributed by atoms with E-state index in [0.717, 1.165) is 0 Å². The first-order valence-corrected chi connectivity index (χ1v) is 8.57. The summed E-state index contributed by atoms with van der Waals surface area (Å²) in [5.41, 5.74) is 0.450. The molecule has 0 N–H and O–H groups in total. The Balaban J connectivity index is 2.86. The van der Waals surface area contributed by atoms with Crippen LogP contribution in [0.3, 0.4) is 0 Å². The highest BCUT2D eigenvalue weighted by Gasteiger charge is 2.28. The molecule has 0 aliphatic carbocycles. The fourth-order valence-electron chi connectivity index (χ4n) is 2.32. The molecule has 0 atom stereocenters. The van der Waals surface area contributed by atoms with Gasteiger partial charge in [0.1, 0.15) is 0 Å². The van der Waals surface area contributed by atoms with E-state index < -0.39 is 8.07 Å². The van der Waals surface area contributed by atoms with Crippen molar-refractivity contribution in [3.63, 3.8) is 0 Å². The molecule has 0 nitrogen and oxygen atoms in total. The number of hydrogen-bond donors (Lipinski definition) is 0. The van der Waals surface area contributed by atoms with Crippen LogP contribution in [0.5, 0.6) is 0 Å². The van der Waals surface area contributed by atoms with Crippen LogP contribution in [0.25, 0.3) is 0 Å². The van der Waals surface area contributed by atoms with E-state index in [-0.39, 0.29) is 0 Å². The van der Waals surface area contributed by atoms with Crippen LogP contribution in [0.2, 0.25) is 19.1 Å². The third kappa shape index (κ3) is 3.30. The molecule has 0 heterocycles. The van der Waals surface area contributed by atoms with Gasteiger partial charge in [-0.15, -0.1) is 0 Å². The monoisotopic (exact) mass is 206 g/mol. The van der Waals surface area contributed by atoms with Crippen LogP contribution in [0.15, 0.2) is 30.3 Å². The normalized spacial score (nSPS) is 12.9. The summed E-state index contributed by atoms with van der Waals surface area (Å²) >= 11 is 0. The lowest BCUT2D eigenvalue weighted by Gasteiger charge is -2.31. The van der Waals surface area contributed by atoms with Gasteiger partial charge in [0.25, 0.3) is 0 Å². The minimum absolute atomic E-state index is 0.450. The van der Waals surface area contributed by atoms with E-state index in [1.165, 1.54) is 6.04 Å². The van der Waals surface area contributed by atoms with Crippen LogP contribution in [0, 0.1) is 5.41 Å². The molecule has 0 fully saturated rings. The zero-order chi connectivity index (χ0) is 10.8. The van der Waals surface area contributed by atoms with Crippen LogP contribution in [-0.2, 0) is 0 Å². The Morgan fingerprint density at radius 3 is 1.93 bits per heavy atom. The van der Waals surface area contributed by atoms with Gasteiger partial charge in [-0.2, -0.15) is 0 Å². The molecule has 14 heavy (non-hydrogen) atoms. The maximum atomic E-state index is 2.47. The third-order valence-electron chi connectivity index (χ3n) is 2.53. The van der Waals surface area contributed by atoms with Crippen molar-refractivity contribution in [3.05, 3.63) is 30.3 Å². The maximum Gasteiger partial charge on any atom is 0.0811 e. The van der Waals surface area contributed by atoms with E-state index in [9.17, 15) is 0 Å². The fourth-order valence-corrected chi connectivity index (χ4v) is 6.27. The van der Waals surface area contributed by atoms with Gasteiger partial charge in [-0.1, -0.05) is 69.4 Å². The van der Waals surface area contributed by atoms with Gasteiger partial charge in [-0.05, 0) is 11.5 Å². The number of hydrogen-bond acceptors (Lipinski definition) is 0. The Kier molecular flexibility index (Phi) is 3.20. The van der Waals surface area contributed by atoms with Crippen LogP contribution in [-0.4, -0.2) is 8.07 Å². The lowest BCUT2D eigenvalue weighted by molar-refractivity contribution is 0.462. The minimum atomic E-state index is -1.21. The molecule has 0 saturated heterocycles. The van der Waals surface area contributed by atoms with Crippen molar-refractivity contribution in [3.8, 4) is 0 Å². The predicted octanol–water partition coefficient (Wildman–Crippen LogP) is 3.65. The molecule has 1 aromatic rings. The second-order valence-electron chi connectivity index (χ2n) is 5.99. The summed E-state index contributed by atoms with van der Waals surface area (Å²) in [6.45, 7) is 11.9. The van der Waals surface area contributed by atoms with E-state index in [1.54, 1.807) is 5.19 Å². The second-order valence-corrected chi connectivity index (χ2v) is 10.7. The van der Waals surface area contributed by atoms with E-state index in [4.69, 9.17) is 0 Å². The van der Waals surface area contributed by atoms with Crippen LogP contribution in [0.1, 0.15) is 20.8 Å². The predicted molar refractivity (Wildman–Crippen MR) is 67.8 cm³/mol. The van der Waals surface area contributed by atoms with Gasteiger partial charge in [0.15, 0.2) is 0 Å². The Morgan fingerprint density at radius 2 is 1.50 bits per heavy atom. The van der Waals surface area contributed by atoms with E-state index in [1.807, 2.05) is 0 Å². The van der Waals surface area contributed by atoms with Crippen molar-refractivity contribution in [2.75, 3.05) is 0 Å². The average molecular weight is 206 g/mol. The summed E-state index contributed by atoms with van der Waals surface area (Å²) in [4.78, 5) is 0. The molecule has 0 saturated carbocycles. The molecule has 0 radical (unpaired) electrons. The minimum Gasteiger partial charge on any atom is -0.0654 e. The molecule has 0 amide bonds. The van der Waals surface area contributed by atoms with Crippen molar-refractivity contribution in [1.82, 2.24) is 0 Å². The first-order chi connectivity index (χ1) is 6.31. The summed E-state index contributed by atoms with van der Waals surface area (Å²) in [6, 6.07) is 12.4. The van der Waals surface area contributed by atoms with Crippen LogP contribution in [0.4, 0.5) is 0 Å². The largest absolute Gasteiger partial charge is 0.0811 e. The van der Waals surface area contributed by atoms with Gasteiger partial charge in [0, 0.05) is 0 Å². The quantitative estimate of drug-likeness (QED) is 0.648. The zero-order valence-electron chi connectivity index (χ0n) is 10.1. The summed E-state index contributed by atoms with van der Waals surface area (Å²) in [5, 5.41) is 1.58. The Morgan fingerprint density at radius 1 is 1.00 bits per heavy atom. The number of benzene rings is 1. The van der Waals surface area contributed by atoms with Crippen molar-refractivity contribution in [2.24, 2.45) is 5.41 Å². The molecular weight excluding hydrogens is 184 g/mol. The molecular formula is C13H22Si. The van der Waals surface area contributed by atoms with Crippen molar-refractivity contribution in [2.45, 2.75) is 39.9 Å². The summed E-state index contributed by atoms with van der Waals surface area (Å²) in [7, 11) is -1.21. The molecule has 0 bridgehead atoms. The van der Waals surface area contributed by atoms with Gasteiger partial charge in [0.05, 0.1) is 8.07 Å². The lowest BCUT2D eigenvalue weighted by Crippen LogP contribution is -2.44. The maximum absolute atomic E-state index is 2.47. The summed E-state index contributed by atoms with van der Waals surface area (Å²) < 4.78 is 0. The highest BCUT2D eigenvalue weighted by Crippen LogP contribution is 2.27. The van der Waals surface area contributed by atoms with E-state index in [2.05, 4.69) is 64.2 Å². The molecule has 0 aliphatic rings. The summed E-state index contributed by atoms with van der Waals surface area (Å²) in [5.74, 6) is 0. The Hall–Kier alpha value is -0.563. The lowest BCUT2D eigenvalue weighted by atomic mass is 10.0. The van der Waals surface area contributed by atoms with Crippen molar-refractivity contribution >= 4 is 13.3 Å². The number of rotatable bonds is 2. The molecule has 0 aliphatic heterocycles. The fraction of sp³-hybridized carbons (Fsp3) is 0.538. The highest BCUT2D eigenvalue weighted by atomic mass is 28.3. The third-order valence-corrected chi connectivity index (χ3v) is 6.37. The van der Waals surface area contributed by atoms with Crippen molar-refractivity contribution < 1.29 is 0 Å². The zero-order valence-corrected chi connectivity index (χ0v) is 11.1. The molecule has 78 valence electrons. The van der Waals surface area contributed by atoms with Gasteiger partial charge in [-0.3, -0.25) is 0 Å². The summed E-state index contributed by atoms with van der Waals surface area (Å²) in [6.07, 6.45) is 0. The van der Waals surface area contributed by atoms with Crippen LogP contribution < -0.4 is 5.19 Å². The SMILES string of the molecule is CC(C)(C)C[Si](C)(C)c1ccccc1. The van der Waals surface area contributed by atoms with Gasteiger partial charge in [-0.25, -0.2) is 0 Å². The van der Waals surface area contributed by atoms with Crippen molar-refractivity contribution in [1.29, 1.82) is 0 Å². The van der Waals surface area contributed by atoms with Gasteiger partial charge in [0.2, 0.25) is 0 Å². The standard InChI is InChI=1S/C13H22Si/c1-13(2,3)11-14(4,5)12-9-7-6-8-10-12/h6-10H,11H2,1-5H3. The smallest absolute Gasteiger partial charge is 0.0654 e. The molecule has 0 aromatic heterocycles. The van der Waals surface area contributed by atoms with Crippen LogP contribution >= 0.6 is 0 Å². The van der Waals surface area contributed by atoms with Gasteiger partial charge >= 0.3 is 0 Å². The molecule has 1 rings (SSSR count). The molecule has 0 spiro atoms. The van der Waals surface area contributed by atoms with E-state index >= 15 is 0 Å². The highest BCUT2D eigenvalue weighted by molar-refractivity contribution is 6.89. The molecule has 1 heteroatoms. The average Bonchev–Trinajstić information content (AvgIpc) is 2.01. The van der Waals surface area contributed by atoms with Gasteiger partial charge < -0.3 is 0 Å². The Bertz CT molecular complexity index is 280. The molecule has 1 aromatic carbocycles. The Labute approximate surface area is 89.4 Å². The topological polar surface area (TPSA) is 0 Å². The first kappa shape index (κ1) is 11.5. The second kappa shape index (κ2) is 3.89. The molecule has 0 unspecified atom stereocenters.